The Morgan fingerprint density at radius 3 is 2.83 bits per heavy atom. The van der Waals surface area contributed by atoms with Gasteiger partial charge in [-0.3, -0.25) is 9.88 Å². The maximum Gasteiger partial charge on any atom is 0.417 e. The summed E-state index contributed by atoms with van der Waals surface area (Å²) in [6.45, 7) is 12.1. The van der Waals surface area contributed by atoms with Crippen LogP contribution in [0.15, 0.2) is 58.4 Å². The highest BCUT2D eigenvalue weighted by Crippen LogP contribution is 2.31. The summed E-state index contributed by atoms with van der Waals surface area (Å²) in [5.41, 5.74) is 8.94. The Morgan fingerprint density at radius 1 is 1.17 bits per heavy atom. The largest absolute Gasteiger partial charge is 0.417 e. The SMILES string of the molecule is C=C(c1ccc2[nH]c(=O)oc2c1)N1CCCC(N2Cc3cnc(Nc4cc(C)cc(C)c4)nc3C2)C1. The zero-order valence-corrected chi connectivity index (χ0v) is 20.7. The van der Waals surface area contributed by atoms with E-state index in [0.717, 1.165) is 61.7 Å². The quantitative estimate of drug-likeness (QED) is 0.425. The van der Waals surface area contributed by atoms with E-state index in [0.29, 0.717) is 23.1 Å². The molecule has 4 heterocycles. The van der Waals surface area contributed by atoms with Crippen LogP contribution < -0.4 is 11.1 Å². The molecular weight excluding hydrogens is 452 g/mol. The van der Waals surface area contributed by atoms with Crippen molar-refractivity contribution in [3.8, 4) is 0 Å². The summed E-state index contributed by atoms with van der Waals surface area (Å²) < 4.78 is 5.25. The number of H-pyrrole nitrogens is 1. The van der Waals surface area contributed by atoms with Crippen molar-refractivity contribution in [2.24, 2.45) is 0 Å². The second kappa shape index (κ2) is 8.95. The van der Waals surface area contributed by atoms with Crippen LogP contribution >= 0.6 is 0 Å². The first-order valence-electron chi connectivity index (χ1n) is 12.4. The van der Waals surface area contributed by atoms with Crippen molar-refractivity contribution in [3.63, 3.8) is 0 Å². The number of oxazole rings is 1. The fraction of sp³-hybridized carbons (Fsp3) is 0.321. The van der Waals surface area contributed by atoms with Gasteiger partial charge in [-0.1, -0.05) is 18.7 Å². The number of aromatic amines is 1. The van der Waals surface area contributed by atoms with Crippen molar-refractivity contribution in [1.82, 2.24) is 24.8 Å². The van der Waals surface area contributed by atoms with Gasteiger partial charge in [-0.05, 0) is 62.1 Å². The van der Waals surface area contributed by atoms with Crippen LogP contribution in [-0.2, 0) is 13.1 Å². The molecule has 2 N–H and O–H groups in total. The van der Waals surface area contributed by atoms with Crippen LogP contribution in [0.1, 0.15) is 40.8 Å². The molecule has 8 nitrogen and oxygen atoms in total. The van der Waals surface area contributed by atoms with Crippen LogP contribution in [0.5, 0.6) is 0 Å². The zero-order chi connectivity index (χ0) is 24.8. The monoisotopic (exact) mass is 482 g/mol. The average molecular weight is 483 g/mol. The van der Waals surface area contributed by atoms with E-state index < -0.39 is 5.76 Å². The smallest absolute Gasteiger partial charge is 0.408 e. The molecule has 0 bridgehead atoms. The number of hydrogen-bond acceptors (Lipinski definition) is 7. The lowest BCUT2D eigenvalue weighted by Gasteiger charge is -2.39. The van der Waals surface area contributed by atoms with E-state index in [4.69, 9.17) is 9.40 Å². The van der Waals surface area contributed by atoms with Crippen LogP contribution in [0.4, 0.5) is 11.6 Å². The second-order valence-corrected chi connectivity index (χ2v) is 9.99. The third-order valence-electron chi connectivity index (χ3n) is 7.21. The molecule has 4 aromatic rings. The number of nitrogens with one attached hydrogen (secondary N) is 2. The third kappa shape index (κ3) is 4.40. The molecule has 2 aliphatic rings. The fourth-order valence-corrected chi connectivity index (χ4v) is 5.48. The highest BCUT2D eigenvalue weighted by molar-refractivity contribution is 5.78. The number of piperidine rings is 1. The Hall–Kier alpha value is -3.91. The normalized spacial score (nSPS) is 17.9. The van der Waals surface area contributed by atoms with E-state index in [9.17, 15) is 4.79 Å². The van der Waals surface area contributed by atoms with Gasteiger partial charge in [0, 0.05) is 60.9 Å². The van der Waals surface area contributed by atoms with E-state index in [2.05, 4.69) is 63.7 Å². The van der Waals surface area contributed by atoms with Crippen LogP contribution in [0.2, 0.25) is 0 Å². The van der Waals surface area contributed by atoms with Gasteiger partial charge in [0.05, 0.1) is 11.2 Å². The zero-order valence-electron chi connectivity index (χ0n) is 20.7. The summed E-state index contributed by atoms with van der Waals surface area (Å²) >= 11 is 0. The molecule has 36 heavy (non-hydrogen) atoms. The topological polar surface area (TPSA) is 90.3 Å². The van der Waals surface area contributed by atoms with Gasteiger partial charge < -0.3 is 14.6 Å². The highest BCUT2D eigenvalue weighted by atomic mass is 16.4. The van der Waals surface area contributed by atoms with Crippen molar-refractivity contribution < 1.29 is 4.42 Å². The summed E-state index contributed by atoms with van der Waals surface area (Å²) in [5.74, 6) is 0.209. The molecule has 0 amide bonds. The first-order chi connectivity index (χ1) is 17.4. The summed E-state index contributed by atoms with van der Waals surface area (Å²) in [6.07, 6.45) is 4.21. The van der Waals surface area contributed by atoms with Crippen molar-refractivity contribution in [3.05, 3.63) is 87.7 Å². The van der Waals surface area contributed by atoms with E-state index >= 15 is 0 Å². The molecule has 0 spiro atoms. The van der Waals surface area contributed by atoms with E-state index in [-0.39, 0.29) is 0 Å². The van der Waals surface area contributed by atoms with Crippen molar-refractivity contribution in [2.75, 3.05) is 18.4 Å². The maximum atomic E-state index is 11.5. The number of aromatic nitrogens is 3. The van der Waals surface area contributed by atoms with E-state index in [1.807, 2.05) is 24.4 Å². The Bertz CT molecular complexity index is 1500. The molecule has 2 aliphatic heterocycles. The van der Waals surface area contributed by atoms with E-state index in [1.165, 1.54) is 16.7 Å². The van der Waals surface area contributed by atoms with Gasteiger partial charge in [0.15, 0.2) is 5.58 Å². The molecule has 184 valence electrons. The van der Waals surface area contributed by atoms with E-state index in [1.54, 1.807) is 0 Å². The fourth-order valence-electron chi connectivity index (χ4n) is 5.48. The van der Waals surface area contributed by atoms with Gasteiger partial charge in [-0.25, -0.2) is 14.8 Å². The molecule has 6 rings (SSSR count). The number of fused-ring (bicyclic) bond motifs is 2. The molecule has 2 aromatic carbocycles. The van der Waals surface area contributed by atoms with Crippen molar-refractivity contribution in [2.45, 2.75) is 45.8 Å². The Labute approximate surface area is 209 Å². The lowest BCUT2D eigenvalue weighted by molar-refractivity contribution is 0.125. The number of hydrogen-bond donors (Lipinski definition) is 2. The van der Waals surface area contributed by atoms with Crippen LogP contribution in [0, 0.1) is 13.8 Å². The first-order valence-corrected chi connectivity index (χ1v) is 12.4. The Morgan fingerprint density at radius 2 is 2.00 bits per heavy atom. The average Bonchev–Trinajstić information content (AvgIpc) is 3.44. The molecule has 1 atom stereocenters. The summed E-state index contributed by atoms with van der Waals surface area (Å²) in [6, 6.07) is 12.6. The lowest BCUT2D eigenvalue weighted by atomic mass is 10.0. The molecule has 1 fully saturated rings. The standard InChI is InChI=1S/C28H30N6O2/c1-17-9-18(2)11-22(10-17)30-27-29-13-21-14-34(16-25(21)31-27)23-5-4-8-33(15-23)19(3)20-6-7-24-26(12-20)36-28(35)32-24/h6-7,9-13,23H,3-5,8,14-16H2,1-2H3,(H,32,35)(H,29,30,31). The number of benzene rings is 2. The molecule has 0 aliphatic carbocycles. The molecule has 0 radical (unpaired) electrons. The van der Waals surface area contributed by atoms with Gasteiger partial charge in [-0.2, -0.15) is 0 Å². The summed E-state index contributed by atoms with van der Waals surface area (Å²) in [5, 5.41) is 3.37. The Kier molecular flexibility index (Phi) is 5.60. The lowest BCUT2D eigenvalue weighted by Crippen LogP contribution is -2.45. The predicted molar refractivity (Wildman–Crippen MR) is 141 cm³/mol. The minimum atomic E-state index is -0.435. The van der Waals surface area contributed by atoms with Gasteiger partial charge in [0.2, 0.25) is 5.95 Å². The minimum absolute atomic E-state index is 0.412. The molecular formula is C28H30N6O2. The second-order valence-electron chi connectivity index (χ2n) is 9.99. The molecule has 1 saturated heterocycles. The third-order valence-corrected chi connectivity index (χ3v) is 7.21. The van der Waals surface area contributed by atoms with Gasteiger partial charge >= 0.3 is 5.76 Å². The summed E-state index contributed by atoms with van der Waals surface area (Å²) in [4.78, 5) is 28.5. The number of nitrogens with zero attached hydrogens (tertiary/aromatic N) is 4. The molecule has 2 aromatic heterocycles. The summed E-state index contributed by atoms with van der Waals surface area (Å²) in [7, 11) is 0. The van der Waals surface area contributed by atoms with Crippen molar-refractivity contribution in [1.29, 1.82) is 0 Å². The van der Waals surface area contributed by atoms with Gasteiger partial charge in [0.25, 0.3) is 0 Å². The number of likely N-dealkylation sites (tertiary alicyclic amines) is 1. The first kappa shape index (κ1) is 22.5. The van der Waals surface area contributed by atoms with Gasteiger partial charge in [0.1, 0.15) is 0 Å². The van der Waals surface area contributed by atoms with Crippen molar-refractivity contribution >= 4 is 28.4 Å². The number of rotatable bonds is 5. The number of anilines is 2. The molecule has 8 heteroatoms. The highest BCUT2D eigenvalue weighted by Gasteiger charge is 2.31. The van der Waals surface area contributed by atoms with Crippen LogP contribution in [-0.4, -0.2) is 43.9 Å². The van der Waals surface area contributed by atoms with Crippen LogP contribution in [0.25, 0.3) is 16.8 Å². The maximum absolute atomic E-state index is 11.5. The predicted octanol–water partition coefficient (Wildman–Crippen LogP) is 4.72. The Balaban J connectivity index is 1.14. The number of aryl methyl sites for hydroxylation is 2. The van der Waals surface area contributed by atoms with Gasteiger partial charge in [-0.15, -0.1) is 0 Å². The minimum Gasteiger partial charge on any atom is -0.408 e. The van der Waals surface area contributed by atoms with Crippen LogP contribution in [0.3, 0.4) is 0 Å². The molecule has 0 saturated carbocycles. The molecule has 1 unspecified atom stereocenters.